The number of nitrogens with zero attached hydrogens (tertiary/aromatic N) is 3. The lowest BCUT2D eigenvalue weighted by molar-refractivity contribution is -0.127. The molecule has 0 aliphatic carbocycles. The summed E-state index contributed by atoms with van der Waals surface area (Å²) in [5, 5.41) is 6.17. The Morgan fingerprint density at radius 1 is 1.25 bits per heavy atom. The second kappa shape index (κ2) is 11.5. The van der Waals surface area contributed by atoms with Gasteiger partial charge in [0, 0.05) is 26.3 Å². The highest BCUT2D eigenvalue weighted by atomic mass is 127. The van der Waals surface area contributed by atoms with E-state index in [0.717, 1.165) is 16.8 Å². The predicted molar refractivity (Wildman–Crippen MR) is 121 cm³/mol. The van der Waals surface area contributed by atoms with Gasteiger partial charge >= 0.3 is 6.09 Å². The van der Waals surface area contributed by atoms with Gasteiger partial charge in [-0.3, -0.25) is 9.69 Å². The van der Waals surface area contributed by atoms with E-state index < -0.39 is 0 Å². The molecule has 1 aromatic carbocycles. The van der Waals surface area contributed by atoms with Gasteiger partial charge in [-0.1, -0.05) is 24.3 Å². The number of rotatable bonds is 7. The Bertz CT molecular complexity index is 719. The molecule has 154 valence electrons. The normalized spacial score (nSPS) is 13.5. The van der Waals surface area contributed by atoms with Crippen LogP contribution in [0.3, 0.4) is 0 Å². The lowest BCUT2D eigenvalue weighted by Crippen LogP contribution is -2.43. The summed E-state index contributed by atoms with van der Waals surface area (Å²) in [5.41, 5.74) is 2.76. The van der Waals surface area contributed by atoms with Crippen LogP contribution in [0.1, 0.15) is 12.5 Å². The average molecular weight is 501 g/mol. The van der Waals surface area contributed by atoms with E-state index >= 15 is 0 Å². The predicted octanol–water partition coefficient (Wildman–Crippen LogP) is 1.96. The Hall–Kier alpha value is -2.30. The maximum Gasteiger partial charge on any atom is 0.414 e. The number of anilines is 1. The number of amides is 2. The number of cyclic esters (lactones) is 1. The standard InChI is InChI=1S/C19H27N5O3.HI/c1-14(2)11-20-18(22-13-17(25)23(3)4)21-12-15-5-7-16(8-6-15)24-9-10-27-19(24)26;/h5-8H,1,9-13H2,2-4H3,(H2,20,21,22);1H. The van der Waals surface area contributed by atoms with Crippen LogP contribution in [0.2, 0.25) is 0 Å². The molecular weight excluding hydrogens is 473 g/mol. The smallest absolute Gasteiger partial charge is 0.414 e. The zero-order valence-corrected chi connectivity index (χ0v) is 18.9. The molecule has 28 heavy (non-hydrogen) atoms. The van der Waals surface area contributed by atoms with Crippen LogP contribution in [0.25, 0.3) is 0 Å². The summed E-state index contributed by atoms with van der Waals surface area (Å²) in [7, 11) is 3.42. The van der Waals surface area contributed by atoms with E-state index in [-0.39, 0.29) is 42.5 Å². The van der Waals surface area contributed by atoms with Crippen LogP contribution in [-0.4, -0.2) is 63.2 Å². The summed E-state index contributed by atoms with van der Waals surface area (Å²) in [6, 6.07) is 7.60. The molecule has 0 aromatic heterocycles. The largest absolute Gasteiger partial charge is 0.447 e. The third-order valence-electron chi connectivity index (χ3n) is 3.89. The molecule has 2 rings (SSSR count). The molecule has 1 aliphatic heterocycles. The number of hydrogen-bond acceptors (Lipinski definition) is 4. The number of carbonyl (C=O) groups excluding carboxylic acids is 2. The molecule has 0 bridgehead atoms. The van der Waals surface area contributed by atoms with Crippen molar-refractivity contribution in [1.29, 1.82) is 0 Å². The summed E-state index contributed by atoms with van der Waals surface area (Å²) in [6.45, 7) is 7.92. The lowest BCUT2D eigenvalue weighted by atomic mass is 10.2. The van der Waals surface area contributed by atoms with E-state index in [1.54, 1.807) is 19.0 Å². The summed E-state index contributed by atoms with van der Waals surface area (Å²) in [4.78, 5) is 31.0. The van der Waals surface area contributed by atoms with Gasteiger partial charge in [0.05, 0.1) is 19.6 Å². The number of carbonyl (C=O) groups is 2. The van der Waals surface area contributed by atoms with Crippen molar-refractivity contribution in [3.05, 3.63) is 42.0 Å². The van der Waals surface area contributed by atoms with E-state index in [0.29, 0.717) is 32.2 Å². The van der Waals surface area contributed by atoms with Crippen LogP contribution in [0.5, 0.6) is 0 Å². The van der Waals surface area contributed by atoms with Gasteiger partial charge in [0.25, 0.3) is 0 Å². The summed E-state index contributed by atoms with van der Waals surface area (Å²) in [5.74, 6) is 0.502. The van der Waals surface area contributed by atoms with Crippen LogP contribution in [0.15, 0.2) is 41.4 Å². The topological polar surface area (TPSA) is 86.3 Å². The first-order valence-electron chi connectivity index (χ1n) is 8.77. The number of ether oxygens (including phenoxy) is 1. The third kappa shape index (κ3) is 7.37. The maximum absolute atomic E-state index is 11.8. The van der Waals surface area contributed by atoms with Gasteiger partial charge in [-0.25, -0.2) is 9.79 Å². The molecular formula is C19H28IN5O3. The van der Waals surface area contributed by atoms with Gasteiger partial charge < -0.3 is 20.3 Å². The van der Waals surface area contributed by atoms with Crippen molar-refractivity contribution in [1.82, 2.24) is 15.5 Å². The Morgan fingerprint density at radius 2 is 1.89 bits per heavy atom. The highest BCUT2D eigenvalue weighted by molar-refractivity contribution is 14.0. The van der Waals surface area contributed by atoms with Crippen LogP contribution < -0.4 is 15.5 Å². The van der Waals surface area contributed by atoms with Crippen LogP contribution in [0.4, 0.5) is 10.5 Å². The molecule has 1 fully saturated rings. The molecule has 0 radical (unpaired) electrons. The first-order chi connectivity index (χ1) is 12.9. The summed E-state index contributed by atoms with van der Waals surface area (Å²) >= 11 is 0. The second-order valence-electron chi connectivity index (χ2n) is 6.55. The molecule has 1 aliphatic rings. The van der Waals surface area contributed by atoms with E-state index in [2.05, 4.69) is 22.2 Å². The maximum atomic E-state index is 11.8. The van der Waals surface area contributed by atoms with Crippen LogP contribution >= 0.6 is 24.0 Å². The molecule has 0 spiro atoms. The molecule has 0 unspecified atom stereocenters. The van der Waals surface area contributed by atoms with Gasteiger partial charge in [0.15, 0.2) is 5.96 Å². The van der Waals surface area contributed by atoms with Crippen LogP contribution in [0, 0.1) is 0 Å². The van der Waals surface area contributed by atoms with E-state index in [1.165, 1.54) is 4.90 Å². The minimum absolute atomic E-state index is 0. The van der Waals surface area contributed by atoms with Crippen molar-refractivity contribution in [3.8, 4) is 0 Å². The molecule has 1 saturated heterocycles. The number of benzene rings is 1. The van der Waals surface area contributed by atoms with Crippen molar-refractivity contribution in [2.24, 2.45) is 4.99 Å². The summed E-state index contributed by atoms with van der Waals surface area (Å²) in [6.07, 6.45) is -0.318. The van der Waals surface area contributed by atoms with Gasteiger partial charge in [-0.15, -0.1) is 24.0 Å². The van der Waals surface area contributed by atoms with Crippen LogP contribution in [-0.2, 0) is 16.1 Å². The average Bonchev–Trinajstić information content (AvgIpc) is 3.07. The second-order valence-corrected chi connectivity index (χ2v) is 6.55. The molecule has 2 amide bonds. The van der Waals surface area contributed by atoms with E-state index in [4.69, 9.17) is 4.74 Å². The van der Waals surface area contributed by atoms with Crippen molar-refractivity contribution in [3.63, 3.8) is 0 Å². The van der Waals surface area contributed by atoms with Gasteiger partial charge in [0.2, 0.25) is 5.91 Å². The summed E-state index contributed by atoms with van der Waals surface area (Å²) < 4.78 is 4.95. The van der Waals surface area contributed by atoms with E-state index in [1.807, 2.05) is 31.2 Å². The zero-order chi connectivity index (χ0) is 19.8. The monoisotopic (exact) mass is 501 g/mol. The Balaban J connectivity index is 0.00000392. The number of likely N-dealkylation sites (N-methyl/N-ethyl adjacent to an activating group) is 1. The molecule has 0 atom stereocenters. The lowest BCUT2D eigenvalue weighted by Gasteiger charge is -2.15. The molecule has 2 N–H and O–H groups in total. The van der Waals surface area contributed by atoms with Gasteiger partial charge in [-0.2, -0.15) is 0 Å². The number of hydrogen-bond donors (Lipinski definition) is 2. The minimum Gasteiger partial charge on any atom is -0.447 e. The fourth-order valence-electron chi connectivity index (χ4n) is 2.31. The Labute approximate surface area is 183 Å². The molecule has 9 heteroatoms. The van der Waals surface area contributed by atoms with Crippen molar-refractivity contribution in [2.75, 3.05) is 45.2 Å². The minimum atomic E-state index is -0.318. The fraction of sp³-hybridized carbons (Fsp3) is 0.421. The fourth-order valence-corrected chi connectivity index (χ4v) is 2.31. The SMILES string of the molecule is C=C(C)CNC(=NCc1ccc(N2CCOC2=O)cc1)NCC(=O)N(C)C.I. The number of nitrogens with one attached hydrogen (secondary N) is 2. The van der Waals surface area contributed by atoms with E-state index in [9.17, 15) is 9.59 Å². The van der Waals surface area contributed by atoms with Crippen molar-refractivity contribution < 1.29 is 14.3 Å². The number of halogens is 1. The highest BCUT2D eigenvalue weighted by Crippen LogP contribution is 2.19. The third-order valence-corrected chi connectivity index (χ3v) is 3.89. The highest BCUT2D eigenvalue weighted by Gasteiger charge is 2.23. The number of aliphatic imine (C=N–C) groups is 1. The Morgan fingerprint density at radius 3 is 2.43 bits per heavy atom. The van der Waals surface area contributed by atoms with Gasteiger partial charge in [-0.05, 0) is 24.6 Å². The zero-order valence-electron chi connectivity index (χ0n) is 16.5. The van der Waals surface area contributed by atoms with Crippen molar-refractivity contribution >= 4 is 47.6 Å². The van der Waals surface area contributed by atoms with Crippen molar-refractivity contribution in [2.45, 2.75) is 13.5 Å². The first-order valence-corrected chi connectivity index (χ1v) is 8.77. The molecule has 0 saturated carbocycles. The molecule has 8 nitrogen and oxygen atoms in total. The van der Waals surface area contributed by atoms with Gasteiger partial charge in [0.1, 0.15) is 6.61 Å². The molecule has 1 heterocycles. The Kier molecular flexibility index (Phi) is 9.77. The molecule has 1 aromatic rings. The first kappa shape index (κ1) is 23.7. The number of guanidine groups is 1. The quantitative estimate of drug-likeness (QED) is 0.258.